The molecule has 0 saturated carbocycles. The van der Waals surface area contributed by atoms with Crippen LogP contribution in [0.4, 0.5) is 5.69 Å². The van der Waals surface area contributed by atoms with Gasteiger partial charge >= 0.3 is 0 Å². The summed E-state index contributed by atoms with van der Waals surface area (Å²) in [7, 11) is 3.35. The summed E-state index contributed by atoms with van der Waals surface area (Å²) in [6.45, 7) is 1.99. The molecule has 0 spiro atoms. The number of benzene rings is 3. The molecule has 2 atom stereocenters. The first-order valence-corrected chi connectivity index (χ1v) is 10.8. The maximum atomic E-state index is 13.6. The Hall–Kier alpha value is -3.12. The molecule has 1 N–H and O–H groups in total. The second-order valence-electron chi connectivity index (χ2n) is 7.67. The maximum absolute atomic E-state index is 13.6. The van der Waals surface area contributed by atoms with E-state index in [4.69, 9.17) is 4.74 Å². The zero-order chi connectivity index (χ0) is 22.1. The fourth-order valence-corrected chi connectivity index (χ4v) is 4.70. The maximum Gasteiger partial charge on any atom is 0.254 e. The van der Waals surface area contributed by atoms with Crippen LogP contribution in [0.5, 0.6) is 5.75 Å². The van der Waals surface area contributed by atoms with Crippen molar-refractivity contribution in [2.75, 3.05) is 19.5 Å². The number of halogens is 1. The van der Waals surface area contributed by atoms with Crippen molar-refractivity contribution in [1.82, 2.24) is 4.90 Å². The van der Waals surface area contributed by atoms with E-state index in [-0.39, 0.29) is 11.8 Å². The van der Waals surface area contributed by atoms with Crippen molar-refractivity contribution in [1.29, 1.82) is 0 Å². The van der Waals surface area contributed by atoms with Gasteiger partial charge in [0.15, 0.2) is 0 Å². The molecule has 3 aromatic rings. The summed E-state index contributed by atoms with van der Waals surface area (Å²) < 4.78 is 6.09. The van der Waals surface area contributed by atoms with Crippen LogP contribution in [0, 0.1) is 6.92 Å². The first-order valence-electron chi connectivity index (χ1n) is 9.97. The molecule has 0 fully saturated rings. The number of hydrogen-bond donors (Lipinski definition) is 1. The monoisotopic (exact) mass is 478 g/mol. The van der Waals surface area contributed by atoms with Gasteiger partial charge in [-0.3, -0.25) is 9.59 Å². The van der Waals surface area contributed by atoms with E-state index in [2.05, 4.69) is 21.2 Å². The molecule has 0 bridgehead atoms. The van der Waals surface area contributed by atoms with Crippen molar-refractivity contribution in [3.63, 3.8) is 0 Å². The lowest BCUT2D eigenvalue weighted by Crippen LogP contribution is -2.44. The topological polar surface area (TPSA) is 58.6 Å². The van der Waals surface area contributed by atoms with E-state index in [0.29, 0.717) is 11.3 Å². The molecule has 5 nitrogen and oxygen atoms in total. The number of ether oxygens (including phenoxy) is 1. The summed E-state index contributed by atoms with van der Waals surface area (Å²) in [4.78, 5) is 28.4. The fraction of sp³-hybridized carbons (Fsp3) is 0.200. The highest BCUT2D eigenvalue weighted by Crippen LogP contribution is 2.43. The van der Waals surface area contributed by atoms with Gasteiger partial charge in [-0.25, -0.2) is 0 Å². The van der Waals surface area contributed by atoms with Crippen molar-refractivity contribution < 1.29 is 14.3 Å². The van der Waals surface area contributed by atoms with Crippen LogP contribution in [0.3, 0.4) is 0 Å². The van der Waals surface area contributed by atoms with Gasteiger partial charge in [-0.2, -0.15) is 0 Å². The van der Waals surface area contributed by atoms with Crippen LogP contribution in [0.2, 0.25) is 0 Å². The van der Waals surface area contributed by atoms with Gasteiger partial charge in [-0.1, -0.05) is 36.4 Å². The predicted octanol–water partition coefficient (Wildman–Crippen LogP) is 5.32. The van der Waals surface area contributed by atoms with Gasteiger partial charge in [-0.05, 0) is 69.9 Å². The van der Waals surface area contributed by atoms with Gasteiger partial charge < -0.3 is 15.0 Å². The molecule has 31 heavy (non-hydrogen) atoms. The highest BCUT2D eigenvalue weighted by molar-refractivity contribution is 9.10. The quantitative estimate of drug-likeness (QED) is 0.552. The molecule has 0 unspecified atom stereocenters. The van der Waals surface area contributed by atoms with E-state index >= 15 is 0 Å². The molecule has 0 radical (unpaired) electrons. The van der Waals surface area contributed by atoms with Crippen LogP contribution in [0.1, 0.15) is 39.0 Å². The summed E-state index contributed by atoms with van der Waals surface area (Å²) >= 11 is 3.54. The van der Waals surface area contributed by atoms with Crippen LogP contribution in [-0.2, 0) is 4.79 Å². The number of aryl methyl sites for hydroxylation is 1. The van der Waals surface area contributed by atoms with Gasteiger partial charge in [0.2, 0.25) is 5.91 Å². The Balaban J connectivity index is 1.79. The van der Waals surface area contributed by atoms with Gasteiger partial charge in [-0.15, -0.1) is 0 Å². The van der Waals surface area contributed by atoms with Crippen LogP contribution in [0.15, 0.2) is 71.2 Å². The second kappa shape index (κ2) is 8.55. The van der Waals surface area contributed by atoms with Crippen LogP contribution >= 0.6 is 15.9 Å². The highest BCUT2D eigenvalue weighted by atomic mass is 79.9. The Morgan fingerprint density at radius 3 is 2.45 bits per heavy atom. The second-order valence-corrected chi connectivity index (χ2v) is 8.53. The number of methoxy groups -OCH3 is 1. The Labute approximate surface area is 190 Å². The van der Waals surface area contributed by atoms with Gasteiger partial charge in [0.05, 0.1) is 24.8 Å². The number of carbonyl (C=O) groups is 2. The number of fused-ring (bicyclic) bond motifs is 1. The summed E-state index contributed by atoms with van der Waals surface area (Å²) in [5.41, 5.74) is 3.94. The molecule has 0 saturated heterocycles. The minimum absolute atomic E-state index is 0.100. The Morgan fingerprint density at radius 2 is 1.77 bits per heavy atom. The molecule has 158 valence electrons. The summed E-state index contributed by atoms with van der Waals surface area (Å²) in [6.07, 6.45) is 0. The van der Waals surface area contributed by atoms with Crippen molar-refractivity contribution in [3.8, 4) is 5.75 Å². The molecule has 1 aliphatic rings. The molecule has 3 aromatic carbocycles. The molecular formula is C25H23BrN2O3. The van der Waals surface area contributed by atoms with E-state index in [9.17, 15) is 9.59 Å². The van der Waals surface area contributed by atoms with Crippen LogP contribution in [-0.4, -0.2) is 30.9 Å². The normalized spacial score (nSPS) is 17.8. The van der Waals surface area contributed by atoms with Crippen LogP contribution in [0.25, 0.3) is 0 Å². The largest absolute Gasteiger partial charge is 0.497 e. The van der Waals surface area contributed by atoms with Gasteiger partial charge in [0.1, 0.15) is 5.75 Å². The van der Waals surface area contributed by atoms with E-state index in [1.54, 1.807) is 25.1 Å². The van der Waals surface area contributed by atoms with Crippen LogP contribution < -0.4 is 10.1 Å². The lowest BCUT2D eigenvalue weighted by Gasteiger charge is -2.39. The standard InChI is InChI=1S/C25H23BrN2O3/c1-15-8-13-21(20(26)14-15)27-24(29)22-18-6-4-5-7-19(18)25(30)28(2)23(22)16-9-11-17(31-3)12-10-16/h4-14,22-23H,1-3H3,(H,27,29)/t22-,23+/m0/s1. The third-order valence-electron chi connectivity index (χ3n) is 5.70. The van der Waals surface area contributed by atoms with E-state index in [1.165, 1.54) is 0 Å². The fourth-order valence-electron chi connectivity index (χ4n) is 4.11. The number of nitrogens with one attached hydrogen (secondary N) is 1. The average molecular weight is 479 g/mol. The molecule has 0 aromatic heterocycles. The highest BCUT2D eigenvalue weighted by Gasteiger charge is 2.42. The van der Waals surface area contributed by atoms with E-state index in [0.717, 1.165) is 26.9 Å². The summed E-state index contributed by atoms with van der Waals surface area (Å²) in [6, 6.07) is 20.2. The number of anilines is 1. The van der Waals surface area contributed by atoms with Gasteiger partial charge in [0, 0.05) is 17.1 Å². The number of amides is 2. The molecule has 6 heteroatoms. The SMILES string of the molecule is COc1ccc([C@@H]2[C@@H](C(=O)Nc3ccc(C)cc3Br)c3ccccc3C(=O)N2C)cc1. The third kappa shape index (κ3) is 3.95. The van der Waals surface area contributed by atoms with Gasteiger partial charge in [0.25, 0.3) is 5.91 Å². The van der Waals surface area contributed by atoms with E-state index in [1.807, 2.05) is 67.6 Å². The number of nitrogens with zero attached hydrogens (tertiary/aromatic N) is 1. The lowest BCUT2D eigenvalue weighted by atomic mass is 9.79. The average Bonchev–Trinajstić information content (AvgIpc) is 2.78. The first kappa shape index (κ1) is 21.1. The number of likely N-dealkylation sites (N-methyl/N-ethyl adjacent to an activating group) is 1. The smallest absolute Gasteiger partial charge is 0.254 e. The molecule has 2 amide bonds. The zero-order valence-corrected chi connectivity index (χ0v) is 19.1. The number of rotatable bonds is 4. The molecule has 1 aliphatic heterocycles. The zero-order valence-electron chi connectivity index (χ0n) is 17.6. The molecule has 0 aliphatic carbocycles. The Bertz CT molecular complexity index is 1140. The Morgan fingerprint density at radius 1 is 1.06 bits per heavy atom. The summed E-state index contributed by atoms with van der Waals surface area (Å²) in [5.74, 6) is -0.117. The van der Waals surface area contributed by atoms with Crippen molar-refractivity contribution in [3.05, 3.63) is 93.5 Å². The lowest BCUT2D eigenvalue weighted by molar-refractivity contribution is -0.119. The minimum Gasteiger partial charge on any atom is -0.497 e. The number of hydrogen-bond acceptors (Lipinski definition) is 3. The predicted molar refractivity (Wildman–Crippen MR) is 125 cm³/mol. The molecule has 1 heterocycles. The number of carbonyl (C=O) groups excluding carboxylic acids is 2. The third-order valence-corrected chi connectivity index (χ3v) is 6.36. The van der Waals surface area contributed by atoms with Crippen molar-refractivity contribution in [2.45, 2.75) is 18.9 Å². The molecular weight excluding hydrogens is 456 g/mol. The van der Waals surface area contributed by atoms with Crippen molar-refractivity contribution in [2.24, 2.45) is 0 Å². The Kier molecular flexibility index (Phi) is 5.83. The summed E-state index contributed by atoms with van der Waals surface area (Å²) in [5, 5.41) is 3.06. The van der Waals surface area contributed by atoms with E-state index < -0.39 is 12.0 Å². The molecule has 4 rings (SSSR count). The minimum atomic E-state index is -0.569. The van der Waals surface area contributed by atoms with Crippen molar-refractivity contribution >= 4 is 33.4 Å². The first-order chi connectivity index (χ1) is 14.9.